The normalized spacial score (nSPS) is 15.5. The molecule has 10 nitrogen and oxygen atoms in total. The van der Waals surface area contributed by atoms with Crippen molar-refractivity contribution in [3.05, 3.63) is 48.2 Å². The second-order valence-electron chi connectivity index (χ2n) is 7.90. The third-order valence-electron chi connectivity index (χ3n) is 5.73. The Kier molecular flexibility index (Phi) is 6.52. The second kappa shape index (κ2) is 9.36. The fourth-order valence-corrected chi connectivity index (χ4v) is 5.11. The number of esters is 1. The molecule has 11 heteroatoms. The lowest BCUT2D eigenvalue weighted by atomic mass is 9.98. The summed E-state index contributed by atoms with van der Waals surface area (Å²) in [6.07, 6.45) is 3.74. The van der Waals surface area contributed by atoms with Crippen LogP contribution in [0.3, 0.4) is 0 Å². The summed E-state index contributed by atoms with van der Waals surface area (Å²) in [6.45, 7) is 2.22. The van der Waals surface area contributed by atoms with E-state index < -0.39 is 10.0 Å². The average Bonchev–Trinajstić information content (AvgIpc) is 3.44. The molecule has 0 spiro atoms. The topological polar surface area (TPSA) is 117 Å². The van der Waals surface area contributed by atoms with Crippen LogP contribution < -0.4 is 4.74 Å². The fourth-order valence-electron chi connectivity index (χ4n) is 3.62. The van der Waals surface area contributed by atoms with Gasteiger partial charge in [0.05, 0.1) is 13.0 Å². The van der Waals surface area contributed by atoms with Crippen LogP contribution in [-0.2, 0) is 33.2 Å². The summed E-state index contributed by atoms with van der Waals surface area (Å²) in [5, 5.41) is 0.0298. The van der Waals surface area contributed by atoms with Crippen LogP contribution in [-0.4, -0.2) is 53.4 Å². The van der Waals surface area contributed by atoms with Gasteiger partial charge in [-0.25, -0.2) is 18.4 Å². The first-order valence-corrected chi connectivity index (χ1v) is 12.0. The first kappa shape index (κ1) is 23.0. The van der Waals surface area contributed by atoms with Gasteiger partial charge in [-0.15, -0.1) is 0 Å². The predicted octanol–water partition coefficient (Wildman–Crippen LogP) is 2.54. The Balaban J connectivity index is 1.29. The lowest BCUT2D eigenvalue weighted by Gasteiger charge is -2.29. The van der Waals surface area contributed by atoms with E-state index in [1.165, 1.54) is 16.8 Å². The molecule has 0 aliphatic carbocycles. The van der Waals surface area contributed by atoms with Gasteiger partial charge in [0.15, 0.2) is 5.03 Å². The molecule has 1 saturated heterocycles. The van der Waals surface area contributed by atoms with Crippen molar-refractivity contribution in [1.82, 2.24) is 18.8 Å². The van der Waals surface area contributed by atoms with Gasteiger partial charge in [-0.2, -0.15) is 4.31 Å². The van der Waals surface area contributed by atoms with Crippen LogP contribution in [0.1, 0.15) is 24.4 Å². The molecule has 1 aromatic carbocycles. The second-order valence-corrected chi connectivity index (χ2v) is 9.78. The molecule has 3 heterocycles. The number of carbonyl (C=O) groups excluding carboxylic acids is 1. The first-order chi connectivity index (χ1) is 15.8. The Hall–Kier alpha value is -3.18. The molecule has 0 amide bonds. The quantitative estimate of drug-likeness (QED) is 0.480. The number of aromatic nitrogens is 3. The molecule has 4 rings (SSSR count). The maximum atomic E-state index is 12.8. The van der Waals surface area contributed by atoms with E-state index in [0.29, 0.717) is 30.3 Å². The maximum Gasteiger partial charge on any atom is 0.309 e. The maximum absolute atomic E-state index is 12.8. The van der Waals surface area contributed by atoms with E-state index in [4.69, 9.17) is 13.9 Å². The molecule has 33 heavy (non-hydrogen) atoms. The van der Waals surface area contributed by atoms with Gasteiger partial charge in [0, 0.05) is 31.9 Å². The minimum Gasteiger partial charge on any atom is -0.497 e. The zero-order valence-electron chi connectivity index (χ0n) is 18.7. The van der Waals surface area contributed by atoms with Crippen LogP contribution in [0.15, 0.2) is 46.2 Å². The van der Waals surface area contributed by atoms with Crippen LogP contribution in [0.2, 0.25) is 0 Å². The van der Waals surface area contributed by atoms with Crippen LogP contribution in [0.4, 0.5) is 0 Å². The number of piperidine rings is 1. The van der Waals surface area contributed by atoms with E-state index >= 15 is 0 Å². The van der Waals surface area contributed by atoms with Gasteiger partial charge in [-0.1, -0.05) is 0 Å². The molecule has 0 radical (unpaired) electrons. The molecule has 176 valence electrons. The predicted molar refractivity (Wildman–Crippen MR) is 118 cm³/mol. The molecule has 0 saturated carbocycles. The number of methoxy groups -OCH3 is 1. The van der Waals surface area contributed by atoms with Crippen LogP contribution in [0.25, 0.3) is 11.5 Å². The summed E-state index contributed by atoms with van der Waals surface area (Å²) < 4.78 is 44.7. The zero-order chi connectivity index (χ0) is 23.6. The SMILES string of the molecule is COc1ccc(-c2nc(COC(=O)C3CCN(S(=O)(=O)c4cn(C)c(C)n4)CC3)co2)cc1. The number of benzene rings is 1. The molecular formula is C22H26N4O6S. The average molecular weight is 475 g/mol. The number of ether oxygens (including phenoxy) is 2. The molecule has 0 atom stereocenters. The van der Waals surface area contributed by atoms with Crippen molar-refractivity contribution in [2.45, 2.75) is 31.4 Å². The van der Waals surface area contributed by atoms with Crippen molar-refractivity contribution in [3.8, 4) is 17.2 Å². The Morgan fingerprint density at radius 1 is 1.18 bits per heavy atom. The van der Waals surface area contributed by atoms with Gasteiger partial charge in [0.25, 0.3) is 10.0 Å². The van der Waals surface area contributed by atoms with E-state index in [2.05, 4.69) is 9.97 Å². The van der Waals surface area contributed by atoms with E-state index in [1.807, 2.05) is 12.1 Å². The van der Waals surface area contributed by atoms with Crippen molar-refractivity contribution in [1.29, 1.82) is 0 Å². The number of imidazole rings is 1. The van der Waals surface area contributed by atoms with Crippen molar-refractivity contribution < 1.29 is 27.1 Å². The van der Waals surface area contributed by atoms with Crippen molar-refractivity contribution in [3.63, 3.8) is 0 Å². The highest BCUT2D eigenvalue weighted by molar-refractivity contribution is 7.89. The van der Waals surface area contributed by atoms with E-state index in [-0.39, 0.29) is 36.6 Å². The number of aryl methyl sites for hydroxylation is 2. The molecule has 2 aromatic heterocycles. The number of nitrogens with zero attached hydrogens (tertiary/aromatic N) is 4. The highest BCUT2D eigenvalue weighted by atomic mass is 32.2. The van der Waals surface area contributed by atoms with Crippen LogP contribution >= 0.6 is 0 Å². The van der Waals surface area contributed by atoms with E-state index in [9.17, 15) is 13.2 Å². The van der Waals surface area contributed by atoms with Crippen LogP contribution in [0, 0.1) is 12.8 Å². The molecule has 0 bridgehead atoms. The smallest absolute Gasteiger partial charge is 0.309 e. The lowest BCUT2D eigenvalue weighted by Crippen LogP contribution is -2.40. The van der Waals surface area contributed by atoms with Crippen LogP contribution in [0.5, 0.6) is 5.75 Å². The summed E-state index contributed by atoms with van der Waals surface area (Å²) in [6, 6.07) is 7.27. The molecule has 3 aromatic rings. The standard InChI is InChI=1S/C22H26N4O6S/c1-15-23-20(12-25(15)2)33(28,29)26-10-8-17(9-11-26)22(27)32-14-18-13-31-21(24-18)16-4-6-19(30-3)7-5-16/h4-7,12-13,17H,8-11,14H2,1-3H3. The number of sulfonamides is 1. The largest absolute Gasteiger partial charge is 0.497 e. The highest BCUT2D eigenvalue weighted by Gasteiger charge is 2.34. The highest BCUT2D eigenvalue weighted by Crippen LogP contribution is 2.25. The molecule has 1 aliphatic heterocycles. The van der Waals surface area contributed by atoms with Gasteiger partial charge in [0.2, 0.25) is 5.89 Å². The third kappa shape index (κ3) is 4.93. The third-order valence-corrected chi connectivity index (χ3v) is 7.50. The monoisotopic (exact) mass is 474 g/mol. The Morgan fingerprint density at radius 3 is 2.48 bits per heavy atom. The van der Waals surface area contributed by atoms with E-state index in [0.717, 1.165) is 11.3 Å². The van der Waals surface area contributed by atoms with Gasteiger partial charge >= 0.3 is 5.97 Å². The van der Waals surface area contributed by atoms with Gasteiger partial charge < -0.3 is 18.5 Å². The van der Waals surface area contributed by atoms with Gasteiger partial charge in [0.1, 0.15) is 30.1 Å². The number of hydrogen-bond donors (Lipinski definition) is 0. The lowest BCUT2D eigenvalue weighted by molar-refractivity contribution is -0.151. The molecule has 1 fully saturated rings. The molecule has 0 N–H and O–H groups in total. The van der Waals surface area contributed by atoms with E-state index in [1.54, 1.807) is 37.8 Å². The number of rotatable bonds is 7. The van der Waals surface area contributed by atoms with Crippen molar-refractivity contribution in [2.75, 3.05) is 20.2 Å². The summed E-state index contributed by atoms with van der Waals surface area (Å²) in [5.74, 6) is 1.04. The number of carbonyl (C=O) groups is 1. The minimum atomic E-state index is -3.68. The Labute approximate surface area is 192 Å². The minimum absolute atomic E-state index is 0.00971. The number of hydrogen-bond acceptors (Lipinski definition) is 8. The van der Waals surface area contributed by atoms with Crippen molar-refractivity contribution in [2.24, 2.45) is 13.0 Å². The molecular weight excluding hydrogens is 448 g/mol. The van der Waals surface area contributed by atoms with Gasteiger partial charge in [-0.3, -0.25) is 4.79 Å². The van der Waals surface area contributed by atoms with Crippen molar-refractivity contribution >= 4 is 16.0 Å². The first-order valence-electron chi connectivity index (χ1n) is 10.5. The summed E-state index contributed by atoms with van der Waals surface area (Å²) in [4.78, 5) is 21.0. The Bertz CT molecular complexity index is 1200. The fraction of sp³-hybridized carbons (Fsp3) is 0.409. The number of oxazole rings is 1. The summed E-state index contributed by atoms with van der Waals surface area (Å²) >= 11 is 0. The molecule has 1 aliphatic rings. The zero-order valence-corrected chi connectivity index (χ0v) is 19.5. The summed E-state index contributed by atoms with van der Waals surface area (Å²) in [7, 11) is -0.335. The van der Waals surface area contributed by atoms with Gasteiger partial charge in [-0.05, 0) is 44.0 Å². The molecule has 0 unspecified atom stereocenters. The Morgan fingerprint density at radius 2 is 1.88 bits per heavy atom. The summed E-state index contributed by atoms with van der Waals surface area (Å²) in [5.41, 5.74) is 1.28.